The maximum Gasteiger partial charge on any atom is 0.252 e. The van der Waals surface area contributed by atoms with E-state index in [1.807, 2.05) is 6.07 Å². The Bertz CT molecular complexity index is 649. The van der Waals surface area contributed by atoms with Crippen LogP contribution >= 0.6 is 27.7 Å². The van der Waals surface area contributed by atoms with Crippen LogP contribution in [0.15, 0.2) is 46.0 Å². The summed E-state index contributed by atoms with van der Waals surface area (Å²) in [6, 6.07) is 8.47. The maximum atomic E-state index is 13.1. The molecule has 0 radical (unpaired) electrons. The third kappa shape index (κ3) is 4.81. The van der Waals surface area contributed by atoms with Crippen molar-refractivity contribution in [2.75, 3.05) is 12.3 Å². The van der Waals surface area contributed by atoms with Crippen molar-refractivity contribution in [1.82, 2.24) is 10.3 Å². The minimum Gasteiger partial charge on any atom is -0.352 e. The molecule has 2 rings (SSSR count). The van der Waals surface area contributed by atoms with Gasteiger partial charge in [0.05, 0.1) is 15.1 Å². The van der Waals surface area contributed by atoms with Gasteiger partial charge >= 0.3 is 0 Å². The van der Waals surface area contributed by atoms with Gasteiger partial charge in [0.2, 0.25) is 0 Å². The molecule has 22 heavy (non-hydrogen) atoms. The van der Waals surface area contributed by atoms with E-state index in [2.05, 4.69) is 33.2 Å². The summed E-state index contributed by atoms with van der Waals surface area (Å²) in [6.45, 7) is 2.54. The van der Waals surface area contributed by atoms with Gasteiger partial charge < -0.3 is 5.32 Å². The van der Waals surface area contributed by atoms with Crippen molar-refractivity contribution >= 4 is 33.6 Å². The highest BCUT2D eigenvalue weighted by Crippen LogP contribution is 2.17. The number of thioether (sulfide) groups is 1. The zero-order valence-corrected chi connectivity index (χ0v) is 14.5. The monoisotopic (exact) mass is 382 g/mol. The Morgan fingerprint density at radius 2 is 2.18 bits per heavy atom. The molecule has 1 aromatic carbocycles. The minimum atomic E-state index is -0.288. The molecule has 2 aromatic rings. The van der Waals surface area contributed by atoms with E-state index in [9.17, 15) is 9.18 Å². The van der Waals surface area contributed by atoms with Gasteiger partial charge in [0, 0.05) is 12.7 Å². The van der Waals surface area contributed by atoms with Crippen LogP contribution in [0.4, 0.5) is 4.39 Å². The zero-order chi connectivity index (χ0) is 15.9. The summed E-state index contributed by atoms with van der Waals surface area (Å²) in [5.74, 6) is 0.511. The standard InChI is InChI=1S/C16H16BrFN2OS/c1-2-22-15-6-4-12(10-20-15)16(21)19-8-7-11-3-5-14(18)13(17)9-11/h3-6,9-10H,2,7-8H2,1H3,(H,19,21). The summed E-state index contributed by atoms with van der Waals surface area (Å²) in [5, 5.41) is 3.75. The Labute approximate surface area is 141 Å². The molecule has 0 unspecified atom stereocenters. The van der Waals surface area contributed by atoms with Crippen LogP contribution in [0.3, 0.4) is 0 Å². The van der Waals surface area contributed by atoms with E-state index in [4.69, 9.17) is 0 Å². The second kappa shape index (κ2) is 8.29. The van der Waals surface area contributed by atoms with Gasteiger partial charge in [-0.15, -0.1) is 11.8 Å². The number of hydrogen-bond acceptors (Lipinski definition) is 3. The molecule has 1 amide bonds. The normalized spacial score (nSPS) is 10.5. The number of benzene rings is 1. The van der Waals surface area contributed by atoms with Crippen molar-refractivity contribution in [3.63, 3.8) is 0 Å². The van der Waals surface area contributed by atoms with Crippen molar-refractivity contribution in [1.29, 1.82) is 0 Å². The van der Waals surface area contributed by atoms with Crippen molar-refractivity contribution in [3.8, 4) is 0 Å². The van der Waals surface area contributed by atoms with Crippen LogP contribution in [0.5, 0.6) is 0 Å². The number of pyridine rings is 1. The van der Waals surface area contributed by atoms with E-state index in [0.29, 0.717) is 23.0 Å². The predicted octanol–water partition coefficient (Wildman–Crippen LogP) is 4.07. The molecule has 1 aromatic heterocycles. The largest absolute Gasteiger partial charge is 0.352 e. The molecule has 0 spiro atoms. The summed E-state index contributed by atoms with van der Waals surface area (Å²) >= 11 is 4.79. The van der Waals surface area contributed by atoms with Crippen molar-refractivity contribution in [2.24, 2.45) is 0 Å². The third-order valence-electron chi connectivity index (χ3n) is 2.97. The number of nitrogens with one attached hydrogen (secondary N) is 1. The first-order chi connectivity index (χ1) is 10.6. The molecule has 0 bridgehead atoms. The van der Waals surface area contributed by atoms with E-state index in [0.717, 1.165) is 16.3 Å². The predicted molar refractivity (Wildman–Crippen MR) is 90.8 cm³/mol. The van der Waals surface area contributed by atoms with Gasteiger partial charge in [-0.1, -0.05) is 13.0 Å². The van der Waals surface area contributed by atoms with Gasteiger partial charge in [0.25, 0.3) is 5.91 Å². The van der Waals surface area contributed by atoms with Crippen LogP contribution < -0.4 is 5.32 Å². The summed E-state index contributed by atoms with van der Waals surface area (Å²) in [6.07, 6.45) is 2.23. The molecule has 0 saturated heterocycles. The number of halogens is 2. The lowest BCUT2D eigenvalue weighted by molar-refractivity contribution is 0.0953. The van der Waals surface area contributed by atoms with Gasteiger partial charge in [-0.05, 0) is 57.9 Å². The van der Waals surface area contributed by atoms with E-state index >= 15 is 0 Å². The van der Waals surface area contributed by atoms with Gasteiger partial charge in [-0.25, -0.2) is 9.37 Å². The van der Waals surface area contributed by atoms with Crippen molar-refractivity contribution in [3.05, 3.63) is 57.9 Å². The lowest BCUT2D eigenvalue weighted by Gasteiger charge is -2.06. The molecule has 6 heteroatoms. The Morgan fingerprint density at radius 3 is 2.82 bits per heavy atom. The van der Waals surface area contributed by atoms with Crippen LogP contribution in [0, 0.1) is 5.82 Å². The highest BCUT2D eigenvalue weighted by Gasteiger charge is 2.06. The number of rotatable bonds is 6. The SMILES string of the molecule is CCSc1ccc(C(=O)NCCc2ccc(F)c(Br)c2)cn1. The first-order valence-corrected chi connectivity index (χ1v) is 8.69. The van der Waals surface area contributed by atoms with Gasteiger partial charge in [0.15, 0.2) is 0 Å². The van der Waals surface area contributed by atoms with Gasteiger partial charge in [-0.2, -0.15) is 0 Å². The fourth-order valence-corrected chi connectivity index (χ4v) is 2.88. The minimum absolute atomic E-state index is 0.151. The zero-order valence-electron chi connectivity index (χ0n) is 12.1. The molecule has 116 valence electrons. The van der Waals surface area contributed by atoms with E-state index in [1.54, 1.807) is 36.2 Å². The molecular weight excluding hydrogens is 367 g/mol. The number of nitrogens with zero attached hydrogens (tertiary/aromatic N) is 1. The Morgan fingerprint density at radius 1 is 1.36 bits per heavy atom. The molecule has 0 atom stereocenters. The molecule has 1 heterocycles. The Kier molecular flexibility index (Phi) is 6.39. The number of carbonyl (C=O) groups is 1. The Balaban J connectivity index is 1.85. The van der Waals surface area contributed by atoms with Crippen molar-refractivity contribution in [2.45, 2.75) is 18.4 Å². The highest BCUT2D eigenvalue weighted by molar-refractivity contribution is 9.10. The van der Waals surface area contributed by atoms with Crippen LogP contribution in [-0.2, 0) is 6.42 Å². The van der Waals surface area contributed by atoms with Crippen LogP contribution in [0.25, 0.3) is 0 Å². The van der Waals surface area contributed by atoms with E-state index in [1.165, 1.54) is 6.07 Å². The summed E-state index contributed by atoms with van der Waals surface area (Å²) in [5.41, 5.74) is 1.50. The summed E-state index contributed by atoms with van der Waals surface area (Å²) in [4.78, 5) is 16.2. The number of aromatic nitrogens is 1. The molecule has 3 nitrogen and oxygen atoms in total. The first kappa shape index (κ1) is 17.0. The molecule has 0 aliphatic heterocycles. The second-order valence-corrected chi connectivity index (χ2v) is 6.71. The van der Waals surface area contributed by atoms with E-state index in [-0.39, 0.29) is 11.7 Å². The molecule has 0 aliphatic rings. The number of amides is 1. The average molecular weight is 383 g/mol. The number of hydrogen-bond donors (Lipinski definition) is 1. The third-order valence-corrected chi connectivity index (χ3v) is 4.41. The molecule has 0 saturated carbocycles. The molecule has 0 aliphatic carbocycles. The summed E-state index contributed by atoms with van der Waals surface area (Å²) < 4.78 is 13.6. The highest BCUT2D eigenvalue weighted by atomic mass is 79.9. The topological polar surface area (TPSA) is 42.0 Å². The van der Waals surface area contributed by atoms with Crippen LogP contribution in [-0.4, -0.2) is 23.2 Å². The first-order valence-electron chi connectivity index (χ1n) is 6.91. The van der Waals surface area contributed by atoms with Crippen LogP contribution in [0.2, 0.25) is 0 Å². The lowest BCUT2D eigenvalue weighted by atomic mass is 10.1. The molecule has 0 fully saturated rings. The van der Waals surface area contributed by atoms with Crippen LogP contribution in [0.1, 0.15) is 22.8 Å². The molecular formula is C16H16BrFN2OS. The quantitative estimate of drug-likeness (QED) is 0.765. The average Bonchev–Trinajstić information content (AvgIpc) is 2.52. The fraction of sp³-hybridized carbons (Fsp3) is 0.250. The lowest BCUT2D eigenvalue weighted by Crippen LogP contribution is -2.25. The molecule has 1 N–H and O–H groups in total. The Hall–Kier alpha value is -1.40. The van der Waals surface area contributed by atoms with E-state index < -0.39 is 0 Å². The van der Waals surface area contributed by atoms with Gasteiger partial charge in [0.1, 0.15) is 5.82 Å². The van der Waals surface area contributed by atoms with Crippen molar-refractivity contribution < 1.29 is 9.18 Å². The van der Waals surface area contributed by atoms with Gasteiger partial charge in [-0.3, -0.25) is 4.79 Å². The maximum absolute atomic E-state index is 13.1. The number of carbonyl (C=O) groups excluding carboxylic acids is 1. The second-order valence-electron chi connectivity index (χ2n) is 4.57. The smallest absolute Gasteiger partial charge is 0.252 e. The summed E-state index contributed by atoms with van der Waals surface area (Å²) in [7, 11) is 0. The fourth-order valence-electron chi connectivity index (χ4n) is 1.87.